The Morgan fingerprint density at radius 3 is 2.85 bits per heavy atom. The highest BCUT2D eigenvalue weighted by atomic mass is 16.6. The van der Waals surface area contributed by atoms with Crippen LogP contribution < -0.4 is 0 Å². The summed E-state index contributed by atoms with van der Waals surface area (Å²) in [4.78, 5) is 23.6. The SMILES string of the molecule is CCn1c([N+](=O)[O-])cnc1C(=O)O. The third-order valence-electron chi connectivity index (χ3n) is 1.53. The van der Waals surface area contributed by atoms with Crippen molar-refractivity contribution >= 4 is 11.8 Å². The quantitative estimate of drug-likeness (QED) is 0.546. The molecule has 0 saturated carbocycles. The lowest BCUT2D eigenvalue weighted by atomic mass is 10.5. The topological polar surface area (TPSA) is 98.3 Å². The van der Waals surface area contributed by atoms with Crippen molar-refractivity contribution in [3.8, 4) is 0 Å². The molecule has 70 valence electrons. The lowest BCUT2D eigenvalue weighted by molar-refractivity contribution is -0.392. The van der Waals surface area contributed by atoms with E-state index in [-0.39, 0.29) is 18.2 Å². The van der Waals surface area contributed by atoms with Crippen molar-refractivity contribution < 1.29 is 14.8 Å². The smallest absolute Gasteiger partial charge is 0.396 e. The number of hydrogen-bond acceptors (Lipinski definition) is 4. The molecule has 0 aliphatic rings. The van der Waals surface area contributed by atoms with E-state index in [1.165, 1.54) is 0 Å². The van der Waals surface area contributed by atoms with Crippen molar-refractivity contribution in [2.45, 2.75) is 13.5 Å². The highest BCUT2D eigenvalue weighted by Gasteiger charge is 2.23. The standard InChI is InChI=1S/C6H7N3O4/c1-2-8-4(9(12)13)3-7-5(8)6(10)11/h3H,2H2,1H3,(H,10,11). The highest BCUT2D eigenvalue weighted by Crippen LogP contribution is 2.13. The third kappa shape index (κ3) is 1.48. The predicted octanol–water partition coefficient (Wildman–Crippen LogP) is 0.509. The molecule has 0 amide bonds. The van der Waals surface area contributed by atoms with Gasteiger partial charge in [0.2, 0.25) is 0 Å². The number of aromatic carboxylic acids is 1. The van der Waals surface area contributed by atoms with Gasteiger partial charge in [-0.3, -0.25) is 0 Å². The summed E-state index contributed by atoms with van der Waals surface area (Å²) in [7, 11) is 0. The molecule has 0 spiro atoms. The van der Waals surface area contributed by atoms with Crippen LogP contribution in [-0.2, 0) is 6.54 Å². The molecule has 0 radical (unpaired) electrons. The van der Waals surface area contributed by atoms with E-state index >= 15 is 0 Å². The van der Waals surface area contributed by atoms with Crippen LogP contribution in [0, 0.1) is 10.1 Å². The Labute approximate surface area is 72.8 Å². The molecule has 1 aromatic heterocycles. The number of aromatic nitrogens is 2. The fraction of sp³-hybridized carbons (Fsp3) is 0.333. The Morgan fingerprint density at radius 1 is 1.85 bits per heavy atom. The fourth-order valence-electron chi connectivity index (χ4n) is 0.995. The molecule has 1 heterocycles. The number of rotatable bonds is 3. The van der Waals surface area contributed by atoms with Crippen LogP contribution in [-0.4, -0.2) is 25.6 Å². The maximum atomic E-state index is 10.5. The molecule has 1 N–H and O–H groups in total. The second-order valence-corrected chi connectivity index (χ2v) is 2.25. The molecule has 0 aromatic carbocycles. The molecule has 1 aromatic rings. The number of carboxylic acids is 1. The molecule has 0 fully saturated rings. The van der Waals surface area contributed by atoms with Crippen LogP contribution in [0.1, 0.15) is 17.5 Å². The van der Waals surface area contributed by atoms with Crippen LogP contribution in [0.2, 0.25) is 0 Å². The second-order valence-electron chi connectivity index (χ2n) is 2.25. The summed E-state index contributed by atoms with van der Waals surface area (Å²) in [6, 6.07) is 0. The average molecular weight is 185 g/mol. The van der Waals surface area contributed by atoms with Gasteiger partial charge in [-0.25, -0.2) is 14.3 Å². The largest absolute Gasteiger partial charge is 0.474 e. The molecule has 7 heteroatoms. The fourth-order valence-corrected chi connectivity index (χ4v) is 0.995. The Bertz CT molecular complexity index is 325. The third-order valence-corrected chi connectivity index (χ3v) is 1.53. The lowest BCUT2D eigenvalue weighted by Crippen LogP contribution is -2.10. The van der Waals surface area contributed by atoms with Gasteiger partial charge in [0.05, 0.1) is 6.54 Å². The van der Waals surface area contributed by atoms with Crippen molar-refractivity contribution in [2.75, 3.05) is 0 Å². The highest BCUT2D eigenvalue weighted by molar-refractivity contribution is 5.84. The molecule has 0 aliphatic carbocycles. The van der Waals surface area contributed by atoms with E-state index in [0.29, 0.717) is 0 Å². The number of nitrogens with zero attached hydrogens (tertiary/aromatic N) is 3. The van der Waals surface area contributed by atoms with Gasteiger partial charge in [-0.15, -0.1) is 0 Å². The first kappa shape index (κ1) is 9.17. The van der Waals surface area contributed by atoms with E-state index in [0.717, 1.165) is 10.8 Å². The van der Waals surface area contributed by atoms with E-state index < -0.39 is 10.9 Å². The monoisotopic (exact) mass is 185 g/mol. The maximum Gasteiger partial charge on any atom is 0.396 e. The first-order chi connectivity index (χ1) is 6.07. The minimum Gasteiger partial charge on any atom is -0.474 e. The van der Waals surface area contributed by atoms with Crippen LogP contribution >= 0.6 is 0 Å². The second kappa shape index (κ2) is 3.21. The zero-order chi connectivity index (χ0) is 10.0. The molecule has 13 heavy (non-hydrogen) atoms. The zero-order valence-corrected chi connectivity index (χ0v) is 6.80. The Morgan fingerprint density at radius 2 is 2.46 bits per heavy atom. The zero-order valence-electron chi connectivity index (χ0n) is 6.80. The van der Waals surface area contributed by atoms with Gasteiger partial charge in [-0.2, -0.15) is 0 Å². The predicted molar refractivity (Wildman–Crippen MR) is 41.5 cm³/mol. The molecule has 0 aliphatic heterocycles. The van der Waals surface area contributed by atoms with Gasteiger partial charge in [0.1, 0.15) is 6.20 Å². The summed E-state index contributed by atoms with van der Waals surface area (Å²) in [5, 5.41) is 19.0. The molecular formula is C6H7N3O4. The molecule has 0 unspecified atom stereocenters. The Kier molecular flexibility index (Phi) is 2.27. The van der Waals surface area contributed by atoms with Gasteiger partial charge in [-0.1, -0.05) is 0 Å². The van der Waals surface area contributed by atoms with Crippen molar-refractivity contribution in [2.24, 2.45) is 0 Å². The molecule has 1 rings (SSSR count). The number of hydrogen-bond donors (Lipinski definition) is 1. The van der Waals surface area contributed by atoms with Crippen LogP contribution in [0.3, 0.4) is 0 Å². The minimum atomic E-state index is -1.27. The summed E-state index contributed by atoms with van der Waals surface area (Å²) >= 11 is 0. The molecular weight excluding hydrogens is 178 g/mol. The molecule has 0 bridgehead atoms. The van der Waals surface area contributed by atoms with Crippen LogP contribution in [0.4, 0.5) is 5.82 Å². The van der Waals surface area contributed by atoms with Gasteiger partial charge in [0, 0.05) is 0 Å². The number of carboxylic acid groups (broad SMARTS) is 1. The van der Waals surface area contributed by atoms with Gasteiger partial charge in [0.25, 0.3) is 0 Å². The summed E-state index contributed by atoms with van der Waals surface area (Å²) in [5.74, 6) is -1.89. The van der Waals surface area contributed by atoms with E-state index in [4.69, 9.17) is 5.11 Å². The van der Waals surface area contributed by atoms with E-state index in [1.807, 2.05) is 0 Å². The van der Waals surface area contributed by atoms with Crippen LogP contribution in [0.15, 0.2) is 6.20 Å². The average Bonchev–Trinajstić information content (AvgIpc) is 2.46. The number of imidazole rings is 1. The van der Waals surface area contributed by atoms with Crippen molar-refractivity contribution in [3.63, 3.8) is 0 Å². The molecule has 0 atom stereocenters. The van der Waals surface area contributed by atoms with E-state index in [1.54, 1.807) is 6.92 Å². The summed E-state index contributed by atoms with van der Waals surface area (Å²) in [6.45, 7) is 1.82. The Hall–Kier alpha value is -1.92. The Balaban J connectivity index is 3.26. The summed E-state index contributed by atoms with van der Waals surface area (Å²) < 4.78 is 1.03. The first-order valence-corrected chi connectivity index (χ1v) is 3.51. The van der Waals surface area contributed by atoms with E-state index in [9.17, 15) is 14.9 Å². The maximum absolute atomic E-state index is 10.5. The van der Waals surface area contributed by atoms with Crippen molar-refractivity contribution in [3.05, 3.63) is 22.1 Å². The molecule has 0 saturated heterocycles. The van der Waals surface area contributed by atoms with Crippen LogP contribution in [0.5, 0.6) is 0 Å². The molecule has 7 nitrogen and oxygen atoms in total. The van der Waals surface area contributed by atoms with Gasteiger partial charge in [0.15, 0.2) is 0 Å². The van der Waals surface area contributed by atoms with Crippen molar-refractivity contribution in [1.29, 1.82) is 0 Å². The first-order valence-electron chi connectivity index (χ1n) is 3.51. The van der Waals surface area contributed by atoms with Crippen LogP contribution in [0.25, 0.3) is 0 Å². The summed E-state index contributed by atoms with van der Waals surface area (Å²) in [6.07, 6.45) is 0.937. The van der Waals surface area contributed by atoms with Gasteiger partial charge in [-0.05, 0) is 11.8 Å². The van der Waals surface area contributed by atoms with Gasteiger partial charge < -0.3 is 15.2 Å². The van der Waals surface area contributed by atoms with E-state index in [2.05, 4.69) is 4.98 Å². The normalized spacial score (nSPS) is 9.92. The summed E-state index contributed by atoms with van der Waals surface area (Å²) in [5.41, 5.74) is 0. The minimum absolute atomic E-state index is 0.206. The number of carbonyl (C=O) groups is 1. The number of nitro groups is 1. The van der Waals surface area contributed by atoms with Gasteiger partial charge >= 0.3 is 17.6 Å². The van der Waals surface area contributed by atoms with Crippen molar-refractivity contribution in [1.82, 2.24) is 9.55 Å². The lowest BCUT2D eigenvalue weighted by Gasteiger charge is -1.97.